The van der Waals surface area contributed by atoms with E-state index in [1.807, 2.05) is 48.5 Å². The Kier molecular flexibility index (Phi) is 4.30. The number of pyridine rings is 1. The van der Waals surface area contributed by atoms with Crippen LogP contribution >= 0.6 is 15.9 Å². The molecule has 1 heterocycles. The molecule has 0 radical (unpaired) electrons. The van der Waals surface area contributed by atoms with Crippen molar-refractivity contribution in [1.82, 2.24) is 4.57 Å². The van der Waals surface area contributed by atoms with E-state index in [0.717, 1.165) is 15.4 Å². The predicted molar refractivity (Wildman–Crippen MR) is 93.2 cm³/mol. The first-order valence-electron chi connectivity index (χ1n) is 7.19. The maximum absolute atomic E-state index is 12.9. The molecule has 0 spiro atoms. The standard InChI is InChI=1S/C18H14BrNO3/c1-2-23-18(22)15-10-12-8-9-13(19)11-16(12)20(17(15)21)14-6-4-3-5-7-14/h3-11H,2H2,1H3. The molecule has 3 aromatic rings. The summed E-state index contributed by atoms with van der Waals surface area (Å²) in [4.78, 5) is 25.0. The Hall–Kier alpha value is -2.40. The molecule has 0 saturated carbocycles. The molecule has 2 aromatic carbocycles. The van der Waals surface area contributed by atoms with Gasteiger partial charge in [-0.15, -0.1) is 0 Å². The summed E-state index contributed by atoms with van der Waals surface area (Å²) in [7, 11) is 0. The number of fused-ring (bicyclic) bond motifs is 1. The molecule has 0 aliphatic rings. The van der Waals surface area contributed by atoms with Crippen molar-refractivity contribution in [1.29, 1.82) is 0 Å². The molecule has 0 saturated heterocycles. The van der Waals surface area contributed by atoms with Crippen LogP contribution < -0.4 is 5.56 Å². The Labute approximate surface area is 141 Å². The van der Waals surface area contributed by atoms with E-state index >= 15 is 0 Å². The highest BCUT2D eigenvalue weighted by atomic mass is 79.9. The van der Waals surface area contributed by atoms with Crippen molar-refractivity contribution in [3.05, 3.63) is 75.0 Å². The molecule has 3 rings (SSSR count). The van der Waals surface area contributed by atoms with Gasteiger partial charge in [-0.1, -0.05) is 40.2 Å². The first-order valence-corrected chi connectivity index (χ1v) is 7.99. The highest BCUT2D eigenvalue weighted by Crippen LogP contribution is 2.22. The maximum Gasteiger partial charge on any atom is 0.343 e. The van der Waals surface area contributed by atoms with E-state index in [9.17, 15) is 9.59 Å². The molecule has 5 heteroatoms. The third-order valence-electron chi connectivity index (χ3n) is 3.48. The fourth-order valence-electron chi connectivity index (χ4n) is 2.47. The van der Waals surface area contributed by atoms with Crippen LogP contribution in [0.2, 0.25) is 0 Å². The third kappa shape index (κ3) is 2.92. The molecular weight excluding hydrogens is 358 g/mol. The number of aromatic nitrogens is 1. The van der Waals surface area contributed by atoms with Crippen LogP contribution in [0.5, 0.6) is 0 Å². The van der Waals surface area contributed by atoms with Crippen LogP contribution in [-0.2, 0) is 4.74 Å². The van der Waals surface area contributed by atoms with E-state index < -0.39 is 5.97 Å². The number of ether oxygens (including phenoxy) is 1. The second kappa shape index (κ2) is 6.38. The molecule has 0 bridgehead atoms. The average Bonchev–Trinajstić information content (AvgIpc) is 2.55. The fourth-order valence-corrected chi connectivity index (χ4v) is 2.82. The zero-order valence-corrected chi connectivity index (χ0v) is 14.0. The summed E-state index contributed by atoms with van der Waals surface area (Å²) < 4.78 is 7.40. The molecule has 0 aliphatic heterocycles. The molecule has 0 N–H and O–H groups in total. The fraction of sp³-hybridized carbons (Fsp3) is 0.111. The molecule has 116 valence electrons. The van der Waals surface area contributed by atoms with E-state index in [-0.39, 0.29) is 17.7 Å². The minimum absolute atomic E-state index is 0.0329. The second-order valence-electron chi connectivity index (χ2n) is 4.96. The quantitative estimate of drug-likeness (QED) is 0.655. The van der Waals surface area contributed by atoms with Crippen molar-refractivity contribution in [3.8, 4) is 5.69 Å². The van der Waals surface area contributed by atoms with Gasteiger partial charge in [0, 0.05) is 10.2 Å². The van der Waals surface area contributed by atoms with Gasteiger partial charge in [0.25, 0.3) is 5.56 Å². The molecule has 4 nitrogen and oxygen atoms in total. The van der Waals surface area contributed by atoms with Gasteiger partial charge < -0.3 is 4.74 Å². The smallest absolute Gasteiger partial charge is 0.343 e. The summed E-state index contributed by atoms with van der Waals surface area (Å²) in [6.45, 7) is 1.94. The van der Waals surface area contributed by atoms with Crippen LogP contribution in [0.15, 0.2) is 63.9 Å². The van der Waals surface area contributed by atoms with Gasteiger partial charge in [-0.05, 0) is 42.6 Å². The lowest BCUT2D eigenvalue weighted by Crippen LogP contribution is -2.26. The molecule has 0 amide bonds. The van der Waals surface area contributed by atoms with Crippen LogP contribution in [0.25, 0.3) is 16.6 Å². The number of carbonyl (C=O) groups excluding carboxylic acids is 1. The molecule has 23 heavy (non-hydrogen) atoms. The number of para-hydroxylation sites is 1. The molecule has 0 aliphatic carbocycles. The van der Waals surface area contributed by atoms with Gasteiger partial charge in [-0.25, -0.2) is 4.79 Å². The summed E-state index contributed by atoms with van der Waals surface area (Å²) in [5.41, 5.74) is 1.07. The molecular formula is C18H14BrNO3. The Bertz CT molecular complexity index is 932. The second-order valence-corrected chi connectivity index (χ2v) is 5.87. The molecule has 0 atom stereocenters. The molecule has 0 unspecified atom stereocenters. The minimum atomic E-state index is -0.605. The summed E-state index contributed by atoms with van der Waals surface area (Å²) >= 11 is 3.43. The Morgan fingerprint density at radius 3 is 2.57 bits per heavy atom. The highest BCUT2D eigenvalue weighted by Gasteiger charge is 2.17. The summed E-state index contributed by atoms with van der Waals surface area (Å²) in [5, 5.41) is 0.791. The Balaban J connectivity index is 2.38. The minimum Gasteiger partial charge on any atom is -0.462 e. The van der Waals surface area contributed by atoms with Gasteiger partial charge in [0.2, 0.25) is 0 Å². The first-order chi connectivity index (χ1) is 11.1. The van der Waals surface area contributed by atoms with Gasteiger partial charge in [0.05, 0.1) is 12.1 Å². The largest absolute Gasteiger partial charge is 0.462 e. The zero-order chi connectivity index (χ0) is 16.4. The lowest BCUT2D eigenvalue weighted by Gasteiger charge is -2.13. The van der Waals surface area contributed by atoms with Crippen LogP contribution in [0.3, 0.4) is 0 Å². The van der Waals surface area contributed by atoms with E-state index in [4.69, 9.17) is 4.74 Å². The SMILES string of the molecule is CCOC(=O)c1cc2ccc(Br)cc2n(-c2ccccc2)c1=O. The topological polar surface area (TPSA) is 48.3 Å². The number of carbonyl (C=O) groups is 1. The number of rotatable bonds is 3. The van der Waals surface area contributed by atoms with Gasteiger partial charge in [0.15, 0.2) is 0 Å². The van der Waals surface area contributed by atoms with Crippen molar-refractivity contribution >= 4 is 32.8 Å². The lowest BCUT2D eigenvalue weighted by molar-refractivity contribution is 0.0524. The van der Waals surface area contributed by atoms with Crippen molar-refractivity contribution in [3.63, 3.8) is 0 Å². The van der Waals surface area contributed by atoms with Gasteiger partial charge in [0.1, 0.15) is 5.56 Å². The molecule has 0 fully saturated rings. The zero-order valence-electron chi connectivity index (χ0n) is 12.5. The van der Waals surface area contributed by atoms with E-state index in [1.54, 1.807) is 13.0 Å². The normalized spacial score (nSPS) is 10.7. The maximum atomic E-state index is 12.9. The van der Waals surface area contributed by atoms with Gasteiger partial charge in [-0.2, -0.15) is 0 Å². The van der Waals surface area contributed by atoms with Crippen molar-refractivity contribution in [2.45, 2.75) is 6.92 Å². The highest BCUT2D eigenvalue weighted by molar-refractivity contribution is 9.10. The lowest BCUT2D eigenvalue weighted by atomic mass is 10.1. The Morgan fingerprint density at radius 1 is 1.13 bits per heavy atom. The van der Waals surface area contributed by atoms with Crippen LogP contribution in [0.4, 0.5) is 0 Å². The summed E-state index contributed by atoms with van der Waals surface area (Å²) in [6.07, 6.45) is 0. The molecule has 1 aromatic heterocycles. The van der Waals surface area contributed by atoms with E-state index in [2.05, 4.69) is 15.9 Å². The van der Waals surface area contributed by atoms with Crippen molar-refractivity contribution < 1.29 is 9.53 Å². The Morgan fingerprint density at radius 2 is 1.87 bits per heavy atom. The monoisotopic (exact) mass is 371 g/mol. The third-order valence-corrected chi connectivity index (χ3v) is 3.97. The number of nitrogens with zero attached hydrogens (tertiary/aromatic N) is 1. The van der Waals surface area contributed by atoms with Gasteiger partial charge >= 0.3 is 5.97 Å². The van der Waals surface area contributed by atoms with E-state index in [0.29, 0.717) is 5.69 Å². The summed E-state index contributed by atoms with van der Waals surface area (Å²) in [5.74, 6) is -0.605. The van der Waals surface area contributed by atoms with Crippen LogP contribution in [-0.4, -0.2) is 17.1 Å². The number of hydrogen-bond donors (Lipinski definition) is 0. The first kappa shape index (κ1) is 15.5. The van der Waals surface area contributed by atoms with Crippen LogP contribution in [0.1, 0.15) is 17.3 Å². The van der Waals surface area contributed by atoms with Gasteiger partial charge in [-0.3, -0.25) is 9.36 Å². The van der Waals surface area contributed by atoms with Crippen molar-refractivity contribution in [2.75, 3.05) is 6.61 Å². The average molecular weight is 372 g/mol. The van der Waals surface area contributed by atoms with Crippen molar-refractivity contribution in [2.24, 2.45) is 0 Å². The van der Waals surface area contributed by atoms with Crippen LogP contribution in [0, 0.1) is 0 Å². The summed E-state index contributed by atoms with van der Waals surface area (Å²) in [6, 6.07) is 16.4. The predicted octanol–water partition coefficient (Wildman–Crippen LogP) is 3.93. The van der Waals surface area contributed by atoms with E-state index in [1.165, 1.54) is 4.57 Å². The number of esters is 1. The number of halogens is 1. The number of hydrogen-bond acceptors (Lipinski definition) is 3. The number of benzene rings is 2.